The molecule has 0 radical (unpaired) electrons. The second-order valence-corrected chi connectivity index (χ2v) is 6.79. The number of para-hydroxylation sites is 2. The minimum atomic E-state index is -0.0878. The molecule has 2 aromatic rings. The third kappa shape index (κ3) is 4.92. The Morgan fingerprint density at radius 2 is 1.77 bits per heavy atom. The SMILES string of the molecule is Cc1ccccc1NC(=O)CN1CCCC(C(=O)Nc2ccccc2)C1. The Bertz CT molecular complexity index is 761. The first-order chi connectivity index (χ1) is 12.6. The zero-order chi connectivity index (χ0) is 18.4. The fourth-order valence-electron chi connectivity index (χ4n) is 3.28. The van der Waals surface area contributed by atoms with E-state index in [4.69, 9.17) is 0 Å². The number of hydrogen-bond donors (Lipinski definition) is 2. The van der Waals surface area contributed by atoms with E-state index < -0.39 is 0 Å². The molecule has 1 fully saturated rings. The highest BCUT2D eigenvalue weighted by Gasteiger charge is 2.27. The lowest BCUT2D eigenvalue weighted by atomic mass is 9.97. The van der Waals surface area contributed by atoms with Crippen LogP contribution in [0.25, 0.3) is 0 Å². The third-order valence-corrected chi connectivity index (χ3v) is 4.70. The van der Waals surface area contributed by atoms with E-state index in [0.717, 1.165) is 36.3 Å². The molecule has 2 aromatic carbocycles. The summed E-state index contributed by atoms with van der Waals surface area (Å²) < 4.78 is 0. The van der Waals surface area contributed by atoms with Crippen molar-refractivity contribution in [2.45, 2.75) is 19.8 Å². The van der Waals surface area contributed by atoms with Gasteiger partial charge < -0.3 is 10.6 Å². The summed E-state index contributed by atoms with van der Waals surface area (Å²) >= 11 is 0. The van der Waals surface area contributed by atoms with Crippen molar-refractivity contribution < 1.29 is 9.59 Å². The lowest BCUT2D eigenvalue weighted by Crippen LogP contribution is -2.44. The fourth-order valence-corrected chi connectivity index (χ4v) is 3.28. The number of anilines is 2. The van der Waals surface area contributed by atoms with Crippen molar-refractivity contribution in [3.8, 4) is 0 Å². The van der Waals surface area contributed by atoms with E-state index in [2.05, 4.69) is 15.5 Å². The third-order valence-electron chi connectivity index (χ3n) is 4.70. The first-order valence-electron chi connectivity index (χ1n) is 9.05. The van der Waals surface area contributed by atoms with Gasteiger partial charge in [-0.2, -0.15) is 0 Å². The summed E-state index contributed by atoms with van der Waals surface area (Å²) in [6.45, 7) is 3.74. The van der Waals surface area contributed by atoms with E-state index in [1.807, 2.05) is 61.5 Å². The molecular weight excluding hydrogens is 326 g/mol. The average Bonchev–Trinajstić information content (AvgIpc) is 2.64. The van der Waals surface area contributed by atoms with E-state index in [-0.39, 0.29) is 17.7 Å². The number of carbonyl (C=O) groups excluding carboxylic acids is 2. The molecule has 1 unspecified atom stereocenters. The van der Waals surface area contributed by atoms with Crippen LogP contribution in [0.1, 0.15) is 18.4 Å². The molecule has 0 bridgehead atoms. The van der Waals surface area contributed by atoms with Crippen molar-refractivity contribution in [2.75, 3.05) is 30.3 Å². The Labute approximate surface area is 154 Å². The van der Waals surface area contributed by atoms with E-state index in [1.165, 1.54) is 0 Å². The highest BCUT2D eigenvalue weighted by atomic mass is 16.2. The van der Waals surface area contributed by atoms with Gasteiger partial charge in [0.1, 0.15) is 0 Å². The van der Waals surface area contributed by atoms with Gasteiger partial charge in [0, 0.05) is 17.9 Å². The number of carbonyl (C=O) groups is 2. The van der Waals surface area contributed by atoms with Gasteiger partial charge in [-0.05, 0) is 50.1 Å². The summed E-state index contributed by atoms with van der Waals surface area (Å²) in [4.78, 5) is 26.9. The van der Waals surface area contributed by atoms with Crippen molar-refractivity contribution in [2.24, 2.45) is 5.92 Å². The summed E-state index contributed by atoms with van der Waals surface area (Å²) in [5.41, 5.74) is 2.69. The Kier molecular flexibility index (Phi) is 6.02. The van der Waals surface area contributed by atoms with Crippen molar-refractivity contribution in [3.63, 3.8) is 0 Å². The molecule has 0 aliphatic carbocycles. The first-order valence-corrected chi connectivity index (χ1v) is 9.05. The molecule has 1 heterocycles. The van der Waals surface area contributed by atoms with Gasteiger partial charge in [-0.3, -0.25) is 14.5 Å². The highest BCUT2D eigenvalue weighted by Crippen LogP contribution is 2.19. The highest BCUT2D eigenvalue weighted by molar-refractivity contribution is 5.94. The van der Waals surface area contributed by atoms with Crippen LogP contribution < -0.4 is 10.6 Å². The number of amides is 2. The number of likely N-dealkylation sites (tertiary alicyclic amines) is 1. The normalized spacial score (nSPS) is 17.5. The van der Waals surface area contributed by atoms with Gasteiger partial charge in [0.05, 0.1) is 12.5 Å². The van der Waals surface area contributed by atoms with Crippen LogP contribution in [-0.2, 0) is 9.59 Å². The Morgan fingerprint density at radius 3 is 2.54 bits per heavy atom. The molecule has 0 spiro atoms. The molecule has 0 saturated carbocycles. The topological polar surface area (TPSA) is 61.4 Å². The standard InChI is InChI=1S/C21H25N3O2/c1-16-8-5-6-12-19(16)23-20(25)15-24-13-7-9-17(14-24)21(26)22-18-10-3-2-4-11-18/h2-6,8,10-12,17H,7,9,13-15H2,1H3,(H,22,26)(H,23,25). The molecule has 26 heavy (non-hydrogen) atoms. The monoisotopic (exact) mass is 351 g/mol. The van der Waals surface area contributed by atoms with Crippen LogP contribution >= 0.6 is 0 Å². The van der Waals surface area contributed by atoms with Gasteiger partial charge in [-0.15, -0.1) is 0 Å². The summed E-state index contributed by atoms with van der Waals surface area (Å²) in [5, 5.41) is 5.93. The number of hydrogen-bond acceptors (Lipinski definition) is 3. The molecule has 2 amide bonds. The fraction of sp³-hybridized carbons (Fsp3) is 0.333. The maximum atomic E-state index is 12.5. The molecular formula is C21H25N3O2. The molecule has 1 aliphatic rings. The maximum absolute atomic E-state index is 12.5. The number of nitrogens with one attached hydrogen (secondary N) is 2. The van der Waals surface area contributed by atoms with Gasteiger partial charge in [0.15, 0.2) is 0 Å². The minimum Gasteiger partial charge on any atom is -0.326 e. The van der Waals surface area contributed by atoms with Crippen LogP contribution in [0.4, 0.5) is 11.4 Å². The van der Waals surface area contributed by atoms with E-state index in [9.17, 15) is 9.59 Å². The molecule has 1 saturated heterocycles. The molecule has 3 rings (SSSR count). The smallest absolute Gasteiger partial charge is 0.238 e. The van der Waals surface area contributed by atoms with Gasteiger partial charge in [0.25, 0.3) is 0 Å². The van der Waals surface area contributed by atoms with Gasteiger partial charge >= 0.3 is 0 Å². The van der Waals surface area contributed by atoms with Gasteiger partial charge in [0.2, 0.25) is 11.8 Å². The summed E-state index contributed by atoms with van der Waals surface area (Å²) in [7, 11) is 0. The minimum absolute atomic E-state index is 0.0280. The second-order valence-electron chi connectivity index (χ2n) is 6.79. The van der Waals surface area contributed by atoms with Crippen molar-refractivity contribution >= 4 is 23.2 Å². The number of piperidine rings is 1. The quantitative estimate of drug-likeness (QED) is 0.869. The number of aryl methyl sites for hydroxylation is 1. The lowest BCUT2D eigenvalue weighted by Gasteiger charge is -2.31. The number of nitrogens with zero attached hydrogens (tertiary/aromatic N) is 1. The van der Waals surface area contributed by atoms with Crippen LogP contribution in [0.15, 0.2) is 54.6 Å². The molecule has 5 heteroatoms. The van der Waals surface area contributed by atoms with Crippen molar-refractivity contribution in [3.05, 3.63) is 60.2 Å². The van der Waals surface area contributed by atoms with Gasteiger partial charge in [-0.1, -0.05) is 36.4 Å². The number of rotatable bonds is 5. The molecule has 136 valence electrons. The Morgan fingerprint density at radius 1 is 1.04 bits per heavy atom. The van der Waals surface area contributed by atoms with Crippen LogP contribution in [0, 0.1) is 12.8 Å². The van der Waals surface area contributed by atoms with Crippen LogP contribution in [0.2, 0.25) is 0 Å². The number of benzene rings is 2. The van der Waals surface area contributed by atoms with Crippen LogP contribution in [-0.4, -0.2) is 36.3 Å². The first kappa shape index (κ1) is 18.1. The largest absolute Gasteiger partial charge is 0.326 e. The maximum Gasteiger partial charge on any atom is 0.238 e. The van der Waals surface area contributed by atoms with E-state index in [1.54, 1.807) is 0 Å². The molecule has 5 nitrogen and oxygen atoms in total. The zero-order valence-corrected chi connectivity index (χ0v) is 15.1. The summed E-state index contributed by atoms with van der Waals surface area (Å²) in [6.07, 6.45) is 1.78. The van der Waals surface area contributed by atoms with Crippen molar-refractivity contribution in [1.29, 1.82) is 0 Å². The van der Waals surface area contributed by atoms with Crippen molar-refractivity contribution in [1.82, 2.24) is 4.90 Å². The average molecular weight is 351 g/mol. The summed E-state index contributed by atoms with van der Waals surface area (Å²) in [5.74, 6) is -0.0983. The van der Waals surface area contributed by atoms with Gasteiger partial charge in [-0.25, -0.2) is 0 Å². The van der Waals surface area contributed by atoms with E-state index in [0.29, 0.717) is 13.1 Å². The van der Waals surface area contributed by atoms with Crippen LogP contribution in [0.3, 0.4) is 0 Å². The van der Waals surface area contributed by atoms with Crippen LogP contribution in [0.5, 0.6) is 0 Å². The van der Waals surface area contributed by atoms with E-state index >= 15 is 0 Å². The Balaban J connectivity index is 1.52. The second kappa shape index (κ2) is 8.63. The molecule has 2 N–H and O–H groups in total. The molecule has 1 atom stereocenters. The predicted molar refractivity (Wildman–Crippen MR) is 104 cm³/mol. The molecule has 1 aliphatic heterocycles. The summed E-state index contributed by atoms with van der Waals surface area (Å²) in [6, 6.07) is 17.2. The lowest BCUT2D eigenvalue weighted by molar-refractivity contribution is -0.123. The Hall–Kier alpha value is -2.66. The molecule has 0 aromatic heterocycles. The predicted octanol–water partition coefficient (Wildman–Crippen LogP) is 3.28. The zero-order valence-electron chi connectivity index (χ0n) is 15.1.